The summed E-state index contributed by atoms with van der Waals surface area (Å²) in [5.41, 5.74) is -0.844. The summed E-state index contributed by atoms with van der Waals surface area (Å²) < 4.78 is 6.53. The van der Waals surface area contributed by atoms with Crippen molar-refractivity contribution in [2.24, 2.45) is 0 Å². The Bertz CT molecular complexity index is 311. The Hall–Kier alpha value is -0.580. The summed E-state index contributed by atoms with van der Waals surface area (Å²) in [6.07, 6.45) is 0. The fourth-order valence-corrected chi connectivity index (χ4v) is 1.48. The van der Waals surface area contributed by atoms with Gasteiger partial charge in [-0.1, -0.05) is 22.9 Å². The summed E-state index contributed by atoms with van der Waals surface area (Å²) in [6, 6.07) is 7.56. The summed E-state index contributed by atoms with van der Waals surface area (Å²) in [6.45, 7) is 5.41. The monoisotopic (exact) mass is 287 g/mol. The van der Waals surface area contributed by atoms with E-state index >= 15 is 0 Å². The first-order chi connectivity index (χ1) is 7.53. The highest BCUT2D eigenvalue weighted by Gasteiger charge is 2.20. The quantitative estimate of drug-likeness (QED) is 0.843. The zero-order valence-electron chi connectivity index (χ0n) is 9.66. The third-order valence-corrected chi connectivity index (χ3v) is 2.65. The number of hydrogen-bond donors (Lipinski definition) is 2. The van der Waals surface area contributed by atoms with Gasteiger partial charge >= 0.3 is 0 Å². The highest BCUT2D eigenvalue weighted by molar-refractivity contribution is 9.10. The average molecular weight is 288 g/mol. The fraction of sp³-hybridized carbons (Fsp3) is 0.500. The SMILES string of the molecule is CCNCC(C)(O)COc1ccc(Br)cc1. The second kappa shape index (κ2) is 6.23. The van der Waals surface area contributed by atoms with E-state index in [0.29, 0.717) is 6.54 Å². The third kappa shape index (κ3) is 4.96. The second-order valence-electron chi connectivity index (χ2n) is 4.02. The van der Waals surface area contributed by atoms with Crippen LogP contribution in [0.3, 0.4) is 0 Å². The van der Waals surface area contributed by atoms with Gasteiger partial charge < -0.3 is 15.2 Å². The van der Waals surface area contributed by atoms with Crippen LogP contribution in [0.5, 0.6) is 5.75 Å². The van der Waals surface area contributed by atoms with Gasteiger partial charge in [0.05, 0.1) is 0 Å². The standard InChI is InChI=1S/C12H18BrNO2/c1-3-14-8-12(2,15)9-16-11-6-4-10(13)5-7-11/h4-7,14-15H,3,8-9H2,1-2H3. The normalized spacial score (nSPS) is 14.5. The van der Waals surface area contributed by atoms with Crippen LogP contribution in [0, 0.1) is 0 Å². The van der Waals surface area contributed by atoms with Crippen LogP contribution in [-0.2, 0) is 0 Å². The number of ether oxygens (including phenoxy) is 1. The Morgan fingerprint density at radius 1 is 1.38 bits per heavy atom. The lowest BCUT2D eigenvalue weighted by molar-refractivity contribution is 0.0127. The highest BCUT2D eigenvalue weighted by Crippen LogP contribution is 2.17. The molecule has 0 radical (unpaired) electrons. The molecule has 3 nitrogen and oxygen atoms in total. The van der Waals surface area contributed by atoms with Gasteiger partial charge in [0.15, 0.2) is 0 Å². The van der Waals surface area contributed by atoms with Gasteiger partial charge in [0, 0.05) is 11.0 Å². The van der Waals surface area contributed by atoms with E-state index in [1.807, 2.05) is 31.2 Å². The number of likely N-dealkylation sites (N-methyl/N-ethyl adjacent to an activating group) is 1. The van der Waals surface area contributed by atoms with E-state index in [-0.39, 0.29) is 6.61 Å². The largest absolute Gasteiger partial charge is 0.491 e. The van der Waals surface area contributed by atoms with E-state index in [1.54, 1.807) is 6.92 Å². The molecule has 2 N–H and O–H groups in total. The molecule has 1 atom stereocenters. The third-order valence-electron chi connectivity index (χ3n) is 2.12. The minimum atomic E-state index is -0.844. The molecule has 1 aromatic carbocycles. The van der Waals surface area contributed by atoms with Gasteiger partial charge in [-0.05, 0) is 37.7 Å². The fourth-order valence-electron chi connectivity index (χ4n) is 1.21. The van der Waals surface area contributed by atoms with Crippen LogP contribution in [0.1, 0.15) is 13.8 Å². The molecule has 0 fully saturated rings. The number of aliphatic hydroxyl groups is 1. The summed E-state index contributed by atoms with van der Waals surface area (Å²) in [7, 11) is 0. The molecule has 16 heavy (non-hydrogen) atoms. The molecule has 4 heteroatoms. The van der Waals surface area contributed by atoms with Crippen LogP contribution >= 0.6 is 15.9 Å². The zero-order chi connectivity index (χ0) is 12.0. The smallest absolute Gasteiger partial charge is 0.119 e. The minimum Gasteiger partial charge on any atom is -0.491 e. The molecule has 0 heterocycles. The van der Waals surface area contributed by atoms with Gasteiger partial charge in [-0.25, -0.2) is 0 Å². The van der Waals surface area contributed by atoms with Crippen molar-refractivity contribution in [1.29, 1.82) is 0 Å². The van der Waals surface area contributed by atoms with Crippen molar-refractivity contribution < 1.29 is 9.84 Å². The molecule has 0 saturated carbocycles. The number of rotatable bonds is 6. The second-order valence-corrected chi connectivity index (χ2v) is 4.94. The zero-order valence-corrected chi connectivity index (χ0v) is 11.3. The molecule has 0 aliphatic carbocycles. The van der Waals surface area contributed by atoms with Gasteiger partial charge in [-0.3, -0.25) is 0 Å². The molecule has 1 aromatic rings. The Balaban J connectivity index is 2.41. The lowest BCUT2D eigenvalue weighted by Crippen LogP contribution is -2.42. The van der Waals surface area contributed by atoms with Gasteiger partial charge in [-0.2, -0.15) is 0 Å². The molecule has 1 unspecified atom stereocenters. The van der Waals surface area contributed by atoms with Gasteiger partial charge in [0.25, 0.3) is 0 Å². The molecule has 0 aromatic heterocycles. The van der Waals surface area contributed by atoms with E-state index in [4.69, 9.17) is 4.74 Å². The number of benzene rings is 1. The summed E-state index contributed by atoms with van der Waals surface area (Å²) in [5.74, 6) is 0.764. The maximum Gasteiger partial charge on any atom is 0.119 e. The van der Waals surface area contributed by atoms with E-state index < -0.39 is 5.60 Å². The lowest BCUT2D eigenvalue weighted by atomic mass is 10.1. The maximum absolute atomic E-state index is 9.96. The van der Waals surface area contributed by atoms with Crippen LogP contribution in [-0.4, -0.2) is 30.4 Å². The van der Waals surface area contributed by atoms with Crippen molar-refractivity contribution in [2.75, 3.05) is 19.7 Å². The van der Waals surface area contributed by atoms with Crippen molar-refractivity contribution in [3.8, 4) is 5.75 Å². The van der Waals surface area contributed by atoms with Crippen molar-refractivity contribution >= 4 is 15.9 Å². The Kier molecular flexibility index (Phi) is 5.25. The van der Waals surface area contributed by atoms with Crippen molar-refractivity contribution in [3.63, 3.8) is 0 Å². The first-order valence-electron chi connectivity index (χ1n) is 5.35. The summed E-state index contributed by atoms with van der Waals surface area (Å²) >= 11 is 3.36. The molecule has 0 aliphatic rings. The minimum absolute atomic E-state index is 0.279. The maximum atomic E-state index is 9.96. The molecule has 0 spiro atoms. The molecule has 1 rings (SSSR count). The topological polar surface area (TPSA) is 41.5 Å². The summed E-state index contributed by atoms with van der Waals surface area (Å²) in [5, 5.41) is 13.1. The van der Waals surface area contributed by atoms with Crippen molar-refractivity contribution in [1.82, 2.24) is 5.32 Å². The molecule has 0 amide bonds. The molecule has 90 valence electrons. The summed E-state index contributed by atoms with van der Waals surface area (Å²) in [4.78, 5) is 0. The van der Waals surface area contributed by atoms with Crippen LogP contribution in [0.25, 0.3) is 0 Å². The van der Waals surface area contributed by atoms with Crippen LogP contribution in [0.2, 0.25) is 0 Å². The molecular formula is C12H18BrNO2. The van der Waals surface area contributed by atoms with Gasteiger partial charge in [-0.15, -0.1) is 0 Å². The van der Waals surface area contributed by atoms with Crippen LogP contribution in [0.4, 0.5) is 0 Å². The van der Waals surface area contributed by atoms with Crippen LogP contribution in [0.15, 0.2) is 28.7 Å². The lowest BCUT2D eigenvalue weighted by Gasteiger charge is -2.23. The predicted molar refractivity (Wildman–Crippen MR) is 68.8 cm³/mol. The average Bonchev–Trinajstić information content (AvgIpc) is 2.26. The first kappa shape index (κ1) is 13.5. The predicted octanol–water partition coefficient (Wildman–Crippen LogP) is 2.19. The van der Waals surface area contributed by atoms with Crippen molar-refractivity contribution in [2.45, 2.75) is 19.4 Å². The highest BCUT2D eigenvalue weighted by atomic mass is 79.9. The van der Waals surface area contributed by atoms with Gasteiger partial charge in [0.2, 0.25) is 0 Å². The number of hydrogen-bond acceptors (Lipinski definition) is 3. The number of nitrogens with one attached hydrogen (secondary N) is 1. The number of halogens is 1. The van der Waals surface area contributed by atoms with E-state index in [1.165, 1.54) is 0 Å². The molecule has 0 saturated heterocycles. The Morgan fingerprint density at radius 2 is 2.00 bits per heavy atom. The molecule has 0 aliphatic heterocycles. The van der Waals surface area contributed by atoms with E-state index in [0.717, 1.165) is 16.8 Å². The van der Waals surface area contributed by atoms with Crippen LogP contribution < -0.4 is 10.1 Å². The van der Waals surface area contributed by atoms with E-state index in [2.05, 4.69) is 21.2 Å². The molecule has 0 bridgehead atoms. The van der Waals surface area contributed by atoms with Gasteiger partial charge in [0.1, 0.15) is 18.0 Å². The molecular weight excluding hydrogens is 270 g/mol. The van der Waals surface area contributed by atoms with Crippen molar-refractivity contribution in [3.05, 3.63) is 28.7 Å². The Morgan fingerprint density at radius 3 is 2.56 bits per heavy atom. The Labute approximate surface area is 105 Å². The van der Waals surface area contributed by atoms with E-state index in [9.17, 15) is 5.11 Å². The first-order valence-corrected chi connectivity index (χ1v) is 6.14.